The second-order valence-corrected chi connectivity index (χ2v) is 1.54. The summed E-state index contributed by atoms with van der Waals surface area (Å²) < 4.78 is 8.88. The second kappa shape index (κ2) is 8.85. The van der Waals surface area contributed by atoms with E-state index >= 15 is 0 Å². The van der Waals surface area contributed by atoms with Gasteiger partial charge in [0.1, 0.15) is 0 Å². The van der Waals surface area contributed by atoms with E-state index in [1.54, 1.807) is 0 Å². The van der Waals surface area contributed by atoms with Crippen LogP contribution >= 0.6 is 7.82 Å². The van der Waals surface area contributed by atoms with Crippen molar-refractivity contribution in [3.63, 3.8) is 0 Å². The minimum atomic E-state index is -4.64. The van der Waals surface area contributed by atoms with Gasteiger partial charge in [-0.3, -0.25) is 0 Å². The molecule has 43 valence electrons. The topological polar surface area (TPSA) is 77.8 Å². The number of rotatable bonds is 0. The molecular weight excluding hydrogens is 222 g/mol. The molecule has 0 saturated carbocycles. The van der Waals surface area contributed by atoms with Crippen LogP contribution in [0.25, 0.3) is 0 Å². The van der Waals surface area contributed by atoms with E-state index in [0.29, 0.717) is 0 Å². The van der Waals surface area contributed by atoms with Gasteiger partial charge in [0.25, 0.3) is 0 Å². The smallest absolute Gasteiger partial charge is 0 e. The minimum absolute atomic E-state index is 0. The molecule has 0 amide bonds. The van der Waals surface area contributed by atoms with Crippen molar-refractivity contribution >= 4 is 26.7 Å². The molecule has 0 aromatic heterocycles. The fourth-order valence-corrected chi connectivity index (χ4v) is 0. The summed E-state index contributed by atoms with van der Waals surface area (Å²) in [5.74, 6) is 0. The van der Waals surface area contributed by atoms with E-state index in [-0.39, 0.29) is 55.4 Å². The fourth-order valence-electron chi connectivity index (χ4n) is 0. The third-order valence-corrected chi connectivity index (χ3v) is 0. The Labute approximate surface area is 82.1 Å². The molecule has 8 heavy (non-hydrogen) atoms. The van der Waals surface area contributed by atoms with Gasteiger partial charge in [-0.15, -0.1) is 0 Å². The van der Waals surface area contributed by atoms with Gasteiger partial charge >= 0.3 is 26.7 Å². The zero-order valence-corrected chi connectivity index (χ0v) is 8.32. The van der Waals surface area contributed by atoms with E-state index in [1.165, 1.54) is 0 Å². The third kappa shape index (κ3) is 108. The molecule has 8 heteroatoms. The van der Waals surface area contributed by atoms with Crippen molar-refractivity contribution in [3.05, 3.63) is 0 Å². The van der Waals surface area contributed by atoms with Crippen LogP contribution < -0.4 is 0 Å². The summed E-state index contributed by atoms with van der Waals surface area (Å²) in [5, 5.41) is 0. The van der Waals surface area contributed by atoms with Crippen molar-refractivity contribution in [2.75, 3.05) is 0 Å². The van der Waals surface area contributed by atoms with Gasteiger partial charge in [-0.2, -0.15) is 0 Å². The molecule has 0 aromatic carbocycles. The Balaban J connectivity index is -0.0000000267. The van der Waals surface area contributed by atoms with Crippen molar-refractivity contribution in [1.82, 2.24) is 0 Å². The van der Waals surface area contributed by atoms with Gasteiger partial charge in [0.05, 0.1) is 0 Å². The molecule has 0 aromatic rings. The molecule has 0 aliphatic heterocycles. The Kier molecular flexibility index (Phi) is 24.9. The molecule has 0 spiro atoms. The molecule has 0 heterocycles. The standard InChI is InChI=1S/Li.Mn.H3O4P.Zn.H/c;;1-5(2,3)4;;/h;;(H3,1,2,3,4);;. The van der Waals surface area contributed by atoms with Crippen LogP contribution in [0.3, 0.4) is 0 Å². The van der Waals surface area contributed by atoms with Gasteiger partial charge < -0.3 is 14.7 Å². The Morgan fingerprint density at radius 2 is 1.12 bits per heavy atom. The molecular formula is H4LiMnO4PZn. The molecule has 0 aliphatic carbocycles. The van der Waals surface area contributed by atoms with Crippen LogP contribution in [0.4, 0.5) is 0 Å². The molecule has 0 rings (SSSR count). The van der Waals surface area contributed by atoms with Crippen LogP contribution in [-0.2, 0) is 41.1 Å². The summed E-state index contributed by atoms with van der Waals surface area (Å²) in [6, 6.07) is 0. The summed E-state index contributed by atoms with van der Waals surface area (Å²) in [5.41, 5.74) is 0. The molecule has 3 N–H and O–H groups in total. The molecule has 1 radical (unpaired) electrons. The Bertz CT molecular complexity index is 62.2. The zero-order valence-electron chi connectivity index (χ0n) is 3.28. The minimum Gasteiger partial charge on any atom is 0 e. The van der Waals surface area contributed by atoms with Crippen LogP contribution in [0.2, 0.25) is 0 Å². The van der Waals surface area contributed by atoms with Gasteiger partial charge in [0.15, 0.2) is 0 Å². The van der Waals surface area contributed by atoms with E-state index in [9.17, 15) is 0 Å². The zero-order chi connectivity index (χ0) is 4.50. The predicted molar refractivity (Wildman–Crippen MR) is 21.4 cm³/mol. The quantitative estimate of drug-likeness (QED) is 0.344. The normalized spacial score (nSPS) is 7.38. The SMILES string of the molecule is O=P(O)(O)O.[LiH].[Mn].[Zn]. The van der Waals surface area contributed by atoms with E-state index in [4.69, 9.17) is 19.2 Å². The van der Waals surface area contributed by atoms with Crippen molar-refractivity contribution in [3.8, 4) is 0 Å². The summed E-state index contributed by atoms with van der Waals surface area (Å²) in [6.07, 6.45) is 0. The van der Waals surface area contributed by atoms with Gasteiger partial charge in [-0.05, 0) is 0 Å². The Hall–Kier alpha value is 1.85. The first-order valence-corrected chi connectivity index (χ1v) is 2.35. The van der Waals surface area contributed by atoms with Crippen LogP contribution in [-0.4, -0.2) is 33.5 Å². The van der Waals surface area contributed by atoms with Crippen molar-refractivity contribution in [1.29, 1.82) is 0 Å². The second-order valence-electron chi connectivity index (χ2n) is 0.513. The first-order valence-electron chi connectivity index (χ1n) is 0.783. The van der Waals surface area contributed by atoms with Gasteiger partial charge in [0, 0.05) is 36.5 Å². The average Bonchev–Trinajstić information content (AvgIpc) is 0.722. The molecule has 0 saturated heterocycles. The molecule has 0 unspecified atom stereocenters. The monoisotopic (exact) mass is 225 g/mol. The average molecular weight is 226 g/mol. The molecule has 0 fully saturated rings. The van der Waals surface area contributed by atoms with Gasteiger partial charge in [-0.1, -0.05) is 0 Å². The fraction of sp³-hybridized carbons (Fsp3) is 0. The maximum atomic E-state index is 8.88. The number of hydrogen-bond donors (Lipinski definition) is 3. The summed E-state index contributed by atoms with van der Waals surface area (Å²) >= 11 is 0. The van der Waals surface area contributed by atoms with Gasteiger partial charge in [-0.25, -0.2) is 4.57 Å². The van der Waals surface area contributed by atoms with E-state index in [1.807, 2.05) is 0 Å². The van der Waals surface area contributed by atoms with Crippen LogP contribution in [0, 0.1) is 0 Å². The van der Waals surface area contributed by atoms with Gasteiger partial charge in [0.2, 0.25) is 0 Å². The van der Waals surface area contributed by atoms with Crippen molar-refractivity contribution in [2.24, 2.45) is 0 Å². The molecule has 4 nitrogen and oxygen atoms in total. The first-order chi connectivity index (χ1) is 2.00. The summed E-state index contributed by atoms with van der Waals surface area (Å²) in [6.45, 7) is 0. The van der Waals surface area contributed by atoms with E-state index < -0.39 is 7.82 Å². The van der Waals surface area contributed by atoms with E-state index in [0.717, 1.165) is 0 Å². The van der Waals surface area contributed by atoms with Crippen LogP contribution in [0.5, 0.6) is 0 Å². The number of phosphoric acid groups is 1. The Morgan fingerprint density at radius 1 is 1.12 bits per heavy atom. The van der Waals surface area contributed by atoms with Crippen molar-refractivity contribution in [2.45, 2.75) is 0 Å². The van der Waals surface area contributed by atoms with Crippen molar-refractivity contribution < 1.29 is 55.8 Å². The molecule has 0 atom stereocenters. The number of hydrogen-bond acceptors (Lipinski definition) is 1. The first kappa shape index (κ1) is 22.5. The maximum Gasteiger partial charge on any atom is 0 e. The maximum absolute atomic E-state index is 8.88. The molecule has 0 bridgehead atoms. The Morgan fingerprint density at radius 3 is 1.12 bits per heavy atom. The largest absolute Gasteiger partial charge is 0 e. The predicted octanol–water partition coefficient (Wildman–Crippen LogP) is -1.58. The van der Waals surface area contributed by atoms with E-state index in [2.05, 4.69) is 0 Å². The summed E-state index contributed by atoms with van der Waals surface area (Å²) in [7, 11) is -4.64. The summed E-state index contributed by atoms with van der Waals surface area (Å²) in [4.78, 5) is 21.6. The third-order valence-electron chi connectivity index (χ3n) is 0. The molecule has 0 aliphatic rings. The van der Waals surface area contributed by atoms with Crippen LogP contribution in [0.15, 0.2) is 0 Å². The van der Waals surface area contributed by atoms with Crippen LogP contribution in [0.1, 0.15) is 0 Å².